The first-order valence-corrected chi connectivity index (χ1v) is 5.43. The quantitative estimate of drug-likeness (QED) is 0.585. The number of nitrogens with zero attached hydrogens (tertiary/aromatic N) is 2. The molecule has 0 aliphatic carbocycles. The van der Waals surface area contributed by atoms with Gasteiger partial charge >= 0.3 is 0 Å². The molecule has 0 aliphatic heterocycles. The normalized spacial score (nSPS) is 12.2. The summed E-state index contributed by atoms with van der Waals surface area (Å²) in [5.74, 6) is 0.412. The fourth-order valence-corrected chi connectivity index (χ4v) is 1.50. The lowest BCUT2D eigenvalue weighted by Gasteiger charge is -2.17. The fourth-order valence-electron chi connectivity index (χ4n) is 1.32. The highest BCUT2D eigenvalue weighted by atomic mass is 35.5. The van der Waals surface area contributed by atoms with Crippen molar-refractivity contribution in [3.8, 4) is 0 Å². The summed E-state index contributed by atoms with van der Waals surface area (Å²) in [4.78, 5) is 18.5. The third-order valence-electron chi connectivity index (χ3n) is 2.26. The van der Waals surface area contributed by atoms with Gasteiger partial charge in [-0.3, -0.25) is 4.79 Å². The monoisotopic (exact) mass is 243 g/mol. The highest BCUT2D eigenvalue weighted by Gasteiger charge is 2.12. The molecular weight excluding hydrogens is 230 g/mol. The van der Waals surface area contributed by atoms with Crippen molar-refractivity contribution in [2.75, 3.05) is 11.9 Å². The third kappa shape index (κ3) is 3.15. The zero-order chi connectivity index (χ0) is 12.0. The fraction of sp³-hybridized carbons (Fsp3) is 0.500. The molecule has 5 nitrogen and oxygen atoms in total. The first-order chi connectivity index (χ1) is 7.72. The first kappa shape index (κ1) is 12.9. The van der Waals surface area contributed by atoms with Gasteiger partial charge in [0.15, 0.2) is 6.29 Å². The molecule has 16 heavy (non-hydrogen) atoms. The largest absolute Gasteiger partial charge is 0.396 e. The van der Waals surface area contributed by atoms with Gasteiger partial charge in [0.25, 0.3) is 0 Å². The number of aldehydes is 1. The van der Waals surface area contributed by atoms with Crippen molar-refractivity contribution >= 4 is 23.7 Å². The Morgan fingerprint density at radius 2 is 2.38 bits per heavy atom. The van der Waals surface area contributed by atoms with Gasteiger partial charge in [-0.25, -0.2) is 9.97 Å². The van der Waals surface area contributed by atoms with Crippen LogP contribution in [0.15, 0.2) is 6.33 Å². The zero-order valence-corrected chi connectivity index (χ0v) is 9.74. The van der Waals surface area contributed by atoms with Gasteiger partial charge in [0.1, 0.15) is 17.3 Å². The van der Waals surface area contributed by atoms with Crippen LogP contribution in [-0.4, -0.2) is 34.0 Å². The average Bonchev–Trinajstić information content (AvgIpc) is 2.28. The van der Waals surface area contributed by atoms with Gasteiger partial charge < -0.3 is 10.4 Å². The molecule has 1 aromatic rings. The Morgan fingerprint density at radius 3 is 2.94 bits per heavy atom. The number of anilines is 1. The minimum Gasteiger partial charge on any atom is -0.396 e. The van der Waals surface area contributed by atoms with E-state index in [-0.39, 0.29) is 23.4 Å². The second kappa shape index (κ2) is 6.40. The molecule has 1 aromatic heterocycles. The molecule has 1 rings (SSSR count). The van der Waals surface area contributed by atoms with Crippen molar-refractivity contribution in [1.29, 1.82) is 0 Å². The van der Waals surface area contributed by atoms with Gasteiger partial charge in [-0.2, -0.15) is 0 Å². The molecule has 0 saturated carbocycles. The van der Waals surface area contributed by atoms with Crippen LogP contribution in [0.1, 0.15) is 30.1 Å². The molecule has 1 unspecified atom stereocenters. The first-order valence-electron chi connectivity index (χ1n) is 5.06. The Hall–Kier alpha value is -1.20. The lowest BCUT2D eigenvalue weighted by Crippen LogP contribution is -2.21. The number of hydrogen-bond acceptors (Lipinski definition) is 5. The Labute approximate surface area is 98.9 Å². The summed E-state index contributed by atoms with van der Waals surface area (Å²) in [5, 5.41) is 12.1. The molecule has 0 amide bonds. The minimum absolute atomic E-state index is 0.0645. The van der Waals surface area contributed by atoms with Crippen LogP contribution < -0.4 is 5.32 Å². The summed E-state index contributed by atoms with van der Waals surface area (Å²) in [7, 11) is 0. The van der Waals surface area contributed by atoms with E-state index < -0.39 is 0 Å². The molecule has 1 heterocycles. The molecule has 0 saturated heterocycles. The van der Waals surface area contributed by atoms with Crippen LogP contribution in [0.4, 0.5) is 5.82 Å². The SMILES string of the molecule is CCC(CCO)Nc1ncnc(Cl)c1C=O. The van der Waals surface area contributed by atoms with E-state index in [0.717, 1.165) is 6.42 Å². The highest BCUT2D eigenvalue weighted by Crippen LogP contribution is 2.19. The van der Waals surface area contributed by atoms with E-state index in [2.05, 4.69) is 15.3 Å². The van der Waals surface area contributed by atoms with Crippen molar-refractivity contribution in [1.82, 2.24) is 9.97 Å². The minimum atomic E-state index is 0.0645. The van der Waals surface area contributed by atoms with Crippen LogP contribution in [0.5, 0.6) is 0 Å². The van der Waals surface area contributed by atoms with E-state index >= 15 is 0 Å². The van der Waals surface area contributed by atoms with Gasteiger partial charge in [-0.05, 0) is 12.8 Å². The average molecular weight is 244 g/mol. The molecule has 2 N–H and O–H groups in total. The lowest BCUT2D eigenvalue weighted by atomic mass is 10.1. The van der Waals surface area contributed by atoms with Gasteiger partial charge in [0.05, 0.1) is 5.56 Å². The smallest absolute Gasteiger partial charge is 0.156 e. The van der Waals surface area contributed by atoms with Crippen LogP contribution >= 0.6 is 11.6 Å². The summed E-state index contributed by atoms with van der Waals surface area (Å²) in [6.45, 7) is 2.07. The molecule has 0 bridgehead atoms. The maximum Gasteiger partial charge on any atom is 0.156 e. The van der Waals surface area contributed by atoms with Crippen molar-refractivity contribution in [3.63, 3.8) is 0 Å². The van der Waals surface area contributed by atoms with E-state index in [1.165, 1.54) is 6.33 Å². The van der Waals surface area contributed by atoms with E-state index in [0.29, 0.717) is 18.5 Å². The number of rotatable bonds is 6. The standard InChI is InChI=1S/C10H14ClN3O2/c1-2-7(3-4-15)14-10-8(5-16)9(11)12-6-13-10/h5-7,15H,2-4H2,1H3,(H,12,13,14). The van der Waals surface area contributed by atoms with Gasteiger partial charge in [0.2, 0.25) is 0 Å². The summed E-state index contributed by atoms with van der Waals surface area (Å²) < 4.78 is 0. The number of nitrogens with one attached hydrogen (secondary N) is 1. The van der Waals surface area contributed by atoms with E-state index in [9.17, 15) is 4.79 Å². The van der Waals surface area contributed by atoms with Crippen LogP contribution in [-0.2, 0) is 0 Å². The Bertz CT molecular complexity index is 360. The molecular formula is C10H14ClN3O2. The second-order valence-electron chi connectivity index (χ2n) is 3.31. The van der Waals surface area contributed by atoms with Gasteiger partial charge in [-0.1, -0.05) is 18.5 Å². The number of hydrogen-bond donors (Lipinski definition) is 2. The highest BCUT2D eigenvalue weighted by molar-refractivity contribution is 6.32. The molecule has 0 spiro atoms. The summed E-state index contributed by atoms with van der Waals surface area (Å²) in [6, 6.07) is 0.0645. The number of carbonyl (C=O) groups is 1. The van der Waals surface area contributed by atoms with E-state index in [1.807, 2.05) is 6.92 Å². The van der Waals surface area contributed by atoms with E-state index in [1.54, 1.807) is 0 Å². The van der Waals surface area contributed by atoms with Crippen molar-refractivity contribution in [2.45, 2.75) is 25.8 Å². The summed E-state index contributed by atoms with van der Waals surface area (Å²) in [5.41, 5.74) is 0.251. The molecule has 0 aliphatic rings. The summed E-state index contributed by atoms with van der Waals surface area (Å²) >= 11 is 5.76. The van der Waals surface area contributed by atoms with E-state index in [4.69, 9.17) is 16.7 Å². The van der Waals surface area contributed by atoms with Crippen molar-refractivity contribution < 1.29 is 9.90 Å². The number of aliphatic hydroxyl groups excluding tert-OH is 1. The Kier molecular flexibility index (Phi) is 5.14. The number of carbonyl (C=O) groups excluding carboxylic acids is 1. The summed E-state index contributed by atoms with van der Waals surface area (Å²) in [6.07, 6.45) is 3.33. The Balaban J connectivity index is 2.86. The van der Waals surface area contributed by atoms with Gasteiger partial charge in [-0.15, -0.1) is 0 Å². The van der Waals surface area contributed by atoms with Crippen LogP contribution in [0.25, 0.3) is 0 Å². The molecule has 88 valence electrons. The molecule has 6 heteroatoms. The van der Waals surface area contributed by atoms with Gasteiger partial charge in [0, 0.05) is 12.6 Å². The Morgan fingerprint density at radius 1 is 1.62 bits per heavy atom. The predicted octanol–water partition coefficient (Wildman–Crippen LogP) is 1.52. The van der Waals surface area contributed by atoms with Crippen LogP contribution in [0.2, 0.25) is 5.15 Å². The molecule has 0 fully saturated rings. The van der Waals surface area contributed by atoms with Crippen LogP contribution in [0.3, 0.4) is 0 Å². The van der Waals surface area contributed by atoms with Crippen molar-refractivity contribution in [2.24, 2.45) is 0 Å². The second-order valence-corrected chi connectivity index (χ2v) is 3.66. The number of aliphatic hydroxyl groups is 1. The molecule has 1 atom stereocenters. The zero-order valence-electron chi connectivity index (χ0n) is 8.98. The number of halogens is 1. The topological polar surface area (TPSA) is 75.1 Å². The molecule has 0 radical (unpaired) electrons. The third-order valence-corrected chi connectivity index (χ3v) is 2.57. The maximum absolute atomic E-state index is 10.8. The molecule has 0 aromatic carbocycles. The lowest BCUT2D eigenvalue weighted by molar-refractivity contribution is 0.112. The number of aromatic nitrogens is 2. The maximum atomic E-state index is 10.8. The van der Waals surface area contributed by atoms with Crippen LogP contribution in [0, 0.1) is 0 Å². The predicted molar refractivity (Wildman–Crippen MR) is 61.8 cm³/mol. The van der Waals surface area contributed by atoms with Crippen molar-refractivity contribution in [3.05, 3.63) is 17.0 Å².